The van der Waals surface area contributed by atoms with Gasteiger partial charge >= 0.3 is 0 Å². The number of rotatable bonds is 3. The Balaban J connectivity index is 1.95. The number of nitrogens with one attached hydrogen (secondary N) is 2. The molecule has 1 aromatic carbocycles. The predicted octanol–water partition coefficient (Wildman–Crippen LogP) is 3.17. The molecule has 2 heterocycles. The smallest absolute Gasteiger partial charge is 0.266 e. The largest absolute Gasteiger partial charge is 0.325 e. The summed E-state index contributed by atoms with van der Waals surface area (Å²) >= 11 is 7.19. The van der Waals surface area contributed by atoms with Gasteiger partial charge in [-0.3, -0.25) is 14.4 Å². The number of benzene rings is 1. The molecule has 0 bridgehead atoms. The highest BCUT2D eigenvalue weighted by atomic mass is 35.5. The minimum absolute atomic E-state index is 0.192. The zero-order valence-electron chi connectivity index (χ0n) is 14.2. The fourth-order valence-electron chi connectivity index (χ4n) is 2.50. The van der Waals surface area contributed by atoms with Gasteiger partial charge in [0.1, 0.15) is 4.83 Å². The average Bonchev–Trinajstić information content (AvgIpc) is 2.91. The van der Waals surface area contributed by atoms with E-state index in [-0.39, 0.29) is 17.4 Å². The molecule has 3 rings (SSSR count). The first kappa shape index (κ1) is 18.1. The molecule has 0 spiro atoms. The van der Waals surface area contributed by atoms with Crippen molar-refractivity contribution in [2.45, 2.75) is 13.8 Å². The number of nitrogens with zero attached hydrogens (tertiary/aromatic N) is 2. The molecule has 0 atom stereocenters. The Bertz CT molecular complexity index is 1100. The topological polar surface area (TPSA) is 93.1 Å². The van der Waals surface area contributed by atoms with Gasteiger partial charge in [0.25, 0.3) is 11.5 Å². The minimum atomic E-state index is -0.358. The van der Waals surface area contributed by atoms with Crippen LogP contribution in [-0.2, 0) is 11.8 Å². The SMILES string of the molecule is CC(=O)Nc1cc(NC(=O)c2sc3ncn(C)c(=O)c3c2C)ccc1Cl. The summed E-state index contributed by atoms with van der Waals surface area (Å²) in [6.45, 7) is 3.09. The zero-order chi connectivity index (χ0) is 19.0. The van der Waals surface area contributed by atoms with Crippen LogP contribution in [0.25, 0.3) is 10.2 Å². The van der Waals surface area contributed by atoms with Crippen LogP contribution in [-0.4, -0.2) is 21.4 Å². The molecule has 2 aromatic heterocycles. The molecule has 0 saturated carbocycles. The average molecular weight is 391 g/mol. The van der Waals surface area contributed by atoms with Gasteiger partial charge in [-0.15, -0.1) is 11.3 Å². The van der Waals surface area contributed by atoms with E-state index < -0.39 is 0 Å². The summed E-state index contributed by atoms with van der Waals surface area (Å²) in [5, 5.41) is 6.17. The number of hydrogen-bond acceptors (Lipinski definition) is 5. The second kappa shape index (κ2) is 6.89. The summed E-state index contributed by atoms with van der Waals surface area (Å²) in [5.41, 5.74) is 1.27. The van der Waals surface area contributed by atoms with E-state index in [4.69, 9.17) is 11.6 Å². The highest BCUT2D eigenvalue weighted by Crippen LogP contribution is 2.29. The minimum Gasteiger partial charge on any atom is -0.325 e. The summed E-state index contributed by atoms with van der Waals surface area (Å²) in [6, 6.07) is 4.78. The van der Waals surface area contributed by atoms with Gasteiger partial charge in [0.15, 0.2) is 0 Å². The number of amides is 2. The Kier molecular flexibility index (Phi) is 4.80. The number of aryl methyl sites for hydroxylation is 2. The third-order valence-corrected chi connectivity index (χ3v) is 5.28. The molecule has 0 aliphatic carbocycles. The molecular weight excluding hydrogens is 376 g/mol. The van der Waals surface area contributed by atoms with Gasteiger partial charge in [0, 0.05) is 19.7 Å². The Morgan fingerprint density at radius 3 is 2.69 bits per heavy atom. The highest BCUT2D eigenvalue weighted by Gasteiger charge is 2.19. The van der Waals surface area contributed by atoms with Crippen LogP contribution < -0.4 is 16.2 Å². The number of fused-ring (bicyclic) bond motifs is 1. The third-order valence-electron chi connectivity index (χ3n) is 3.75. The molecular formula is C17H15ClN4O3S. The first-order valence-electron chi connectivity index (χ1n) is 7.61. The van der Waals surface area contributed by atoms with Crippen molar-refractivity contribution in [1.29, 1.82) is 0 Å². The monoisotopic (exact) mass is 390 g/mol. The molecule has 26 heavy (non-hydrogen) atoms. The van der Waals surface area contributed by atoms with Gasteiger partial charge in [-0.2, -0.15) is 0 Å². The van der Waals surface area contributed by atoms with E-state index in [1.165, 1.54) is 17.8 Å². The molecule has 3 aromatic rings. The molecule has 0 fully saturated rings. The molecule has 7 nitrogen and oxygen atoms in total. The van der Waals surface area contributed by atoms with Crippen LogP contribution >= 0.6 is 22.9 Å². The number of carbonyl (C=O) groups excluding carboxylic acids is 2. The van der Waals surface area contributed by atoms with Crippen molar-refractivity contribution >= 4 is 56.3 Å². The van der Waals surface area contributed by atoms with Crippen molar-refractivity contribution in [3.8, 4) is 0 Å². The number of aromatic nitrogens is 2. The quantitative estimate of drug-likeness (QED) is 0.718. The van der Waals surface area contributed by atoms with Crippen LogP contribution in [0.5, 0.6) is 0 Å². The van der Waals surface area contributed by atoms with Gasteiger partial charge < -0.3 is 15.2 Å². The second-order valence-corrected chi connectivity index (χ2v) is 7.13. The molecule has 0 aliphatic rings. The maximum atomic E-state index is 12.7. The number of hydrogen-bond donors (Lipinski definition) is 2. The number of halogens is 1. The van der Waals surface area contributed by atoms with Crippen LogP contribution in [0.4, 0.5) is 11.4 Å². The summed E-state index contributed by atoms with van der Waals surface area (Å²) in [5.74, 6) is -0.624. The van der Waals surface area contributed by atoms with E-state index in [2.05, 4.69) is 15.6 Å². The number of thiophene rings is 1. The highest BCUT2D eigenvalue weighted by molar-refractivity contribution is 7.20. The lowest BCUT2D eigenvalue weighted by molar-refractivity contribution is -0.114. The number of anilines is 2. The Hall–Kier alpha value is -2.71. The van der Waals surface area contributed by atoms with Crippen LogP contribution in [0.1, 0.15) is 22.2 Å². The fraction of sp³-hybridized carbons (Fsp3) is 0.176. The fourth-order valence-corrected chi connectivity index (χ4v) is 3.70. The second-order valence-electron chi connectivity index (χ2n) is 5.73. The molecule has 2 N–H and O–H groups in total. The van der Waals surface area contributed by atoms with Gasteiger partial charge in [-0.1, -0.05) is 11.6 Å². The van der Waals surface area contributed by atoms with Gasteiger partial charge in [0.05, 0.1) is 27.3 Å². The lowest BCUT2D eigenvalue weighted by Gasteiger charge is -2.09. The first-order chi connectivity index (χ1) is 12.3. The van der Waals surface area contributed by atoms with Crippen LogP contribution in [0.3, 0.4) is 0 Å². The molecule has 0 aliphatic heterocycles. The van der Waals surface area contributed by atoms with Crippen molar-refractivity contribution in [3.63, 3.8) is 0 Å². The van der Waals surface area contributed by atoms with Crippen LogP contribution in [0.2, 0.25) is 5.02 Å². The molecule has 0 unspecified atom stereocenters. The van der Waals surface area contributed by atoms with Crippen molar-refractivity contribution in [3.05, 3.63) is 50.3 Å². The maximum Gasteiger partial charge on any atom is 0.266 e. The predicted molar refractivity (Wildman–Crippen MR) is 103 cm³/mol. The molecule has 0 saturated heterocycles. The molecule has 0 radical (unpaired) electrons. The summed E-state index contributed by atoms with van der Waals surface area (Å²) in [4.78, 5) is 41.3. The summed E-state index contributed by atoms with van der Waals surface area (Å²) in [6.07, 6.45) is 1.43. The van der Waals surface area contributed by atoms with Gasteiger partial charge in [-0.25, -0.2) is 4.98 Å². The first-order valence-corrected chi connectivity index (χ1v) is 8.80. The zero-order valence-corrected chi connectivity index (χ0v) is 15.8. The van der Waals surface area contributed by atoms with Gasteiger partial charge in [-0.05, 0) is 30.7 Å². The Morgan fingerprint density at radius 2 is 2.00 bits per heavy atom. The molecule has 9 heteroatoms. The third kappa shape index (κ3) is 3.33. The lowest BCUT2D eigenvalue weighted by atomic mass is 10.2. The van der Waals surface area contributed by atoms with Gasteiger partial charge in [0.2, 0.25) is 5.91 Å². The molecule has 134 valence electrons. The van der Waals surface area contributed by atoms with E-state index in [0.29, 0.717) is 37.1 Å². The lowest BCUT2D eigenvalue weighted by Crippen LogP contribution is -2.17. The Labute approximate surface area is 157 Å². The van der Waals surface area contributed by atoms with Crippen molar-refractivity contribution in [2.24, 2.45) is 7.05 Å². The standard InChI is InChI=1S/C17H15ClN4O3S/c1-8-13-16(19-7-22(3)17(13)25)26-14(8)15(24)21-10-4-5-11(18)12(6-10)20-9(2)23/h4-7H,1-3H3,(H,20,23)(H,21,24). The maximum absolute atomic E-state index is 12.7. The van der Waals surface area contributed by atoms with E-state index >= 15 is 0 Å². The summed E-state index contributed by atoms with van der Waals surface area (Å²) < 4.78 is 1.38. The van der Waals surface area contributed by atoms with E-state index in [9.17, 15) is 14.4 Å². The van der Waals surface area contributed by atoms with Crippen molar-refractivity contribution < 1.29 is 9.59 Å². The number of carbonyl (C=O) groups is 2. The van der Waals surface area contributed by atoms with E-state index in [1.54, 1.807) is 32.2 Å². The van der Waals surface area contributed by atoms with Crippen LogP contribution in [0.15, 0.2) is 29.3 Å². The van der Waals surface area contributed by atoms with Crippen molar-refractivity contribution in [2.75, 3.05) is 10.6 Å². The van der Waals surface area contributed by atoms with E-state index in [0.717, 1.165) is 11.3 Å². The summed E-state index contributed by atoms with van der Waals surface area (Å²) in [7, 11) is 1.61. The van der Waals surface area contributed by atoms with Crippen molar-refractivity contribution in [1.82, 2.24) is 9.55 Å². The Morgan fingerprint density at radius 1 is 1.27 bits per heavy atom. The van der Waals surface area contributed by atoms with Crippen LogP contribution in [0, 0.1) is 6.92 Å². The molecule has 2 amide bonds. The normalized spacial score (nSPS) is 10.8. The van der Waals surface area contributed by atoms with E-state index in [1.807, 2.05) is 0 Å².